The van der Waals surface area contributed by atoms with Gasteiger partial charge in [0.25, 0.3) is 0 Å². The molecule has 1 heterocycles. The lowest BCUT2D eigenvalue weighted by Gasteiger charge is -2.21. The lowest BCUT2D eigenvalue weighted by molar-refractivity contribution is -0.145. The molecule has 1 aliphatic rings. The predicted octanol–water partition coefficient (Wildman–Crippen LogP) is 7.91. The van der Waals surface area contributed by atoms with Gasteiger partial charge in [0.05, 0.1) is 6.04 Å². The normalized spacial score (nSPS) is 15.0. The van der Waals surface area contributed by atoms with Crippen LogP contribution in [0.2, 0.25) is 0 Å². The van der Waals surface area contributed by atoms with Crippen molar-refractivity contribution in [3.05, 3.63) is 0 Å². The molecule has 1 aliphatic heterocycles. The molecular weight excluding hydrogens is 398 g/mol. The second-order valence-corrected chi connectivity index (χ2v) is 9.91. The number of unbranched alkanes of at least 4 members (excludes halogenated alkanes) is 18. The molecule has 0 aromatic carbocycles. The van der Waals surface area contributed by atoms with Crippen LogP contribution in [0.3, 0.4) is 0 Å². The minimum Gasteiger partial charge on any atom is -0.297 e. The van der Waals surface area contributed by atoms with Crippen molar-refractivity contribution in [2.45, 2.75) is 161 Å². The molecule has 1 unspecified atom stereocenters. The first-order chi connectivity index (χ1) is 15.6. The van der Waals surface area contributed by atoms with Crippen LogP contribution < -0.4 is 0 Å². The summed E-state index contributed by atoms with van der Waals surface area (Å²) in [4.78, 5) is 36.9. The summed E-state index contributed by atoms with van der Waals surface area (Å²) >= 11 is 0. The summed E-state index contributed by atoms with van der Waals surface area (Å²) in [5.74, 6) is -0.353. The van der Waals surface area contributed by atoms with Gasteiger partial charge in [-0.3, -0.25) is 19.3 Å². The molecule has 0 aromatic heterocycles. The molecule has 1 atom stereocenters. The number of nitrogens with zero attached hydrogens (tertiary/aromatic N) is 1. The Hall–Kier alpha value is -1.19. The largest absolute Gasteiger partial charge is 0.297 e. The minimum absolute atomic E-state index is 0.0283. The monoisotopic (exact) mass is 449 g/mol. The fraction of sp³-hybridized carbons (Fsp3) is 0.893. The highest BCUT2D eigenvalue weighted by Gasteiger charge is 2.35. The molecule has 32 heavy (non-hydrogen) atoms. The van der Waals surface area contributed by atoms with Crippen molar-refractivity contribution in [2.75, 3.05) is 0 Å². The fourth-order valence-electron chi connectivity index (χ4n) is 4.76. The third-order valence-electron chi connectivity index (χ3n) is 6.97. The van der Waals surface area contributed by atoms with Crippen LogP contribution in [0, 0.1) is 0 Å². The van der Waals surface area contributed by atoms with Crippen molar-refractivity contribution >= 4 is 17.6 Å². The lowest BCUT2D eigenvalue weighted by atomic mass is 10.0. The van der Waals surface area contributed by atoms with Gasteiger partial charge < -0.3 is 0 Å². The van der Waals surface area contributed by atoms with Crippen LogP contribution in [0.4, 0.5) is 0 Å². The van der Waals surface area contributed by atoms with E-state index in [2.05, 4.69) is 6.92 Å². The lowest BCUT2D eigenvalue weighted by Crippen LogP contribution is -2.42. The van der Waals surface area contributed by atoms with Gasteiger partial charge in [0, 0.05) is 19.3 Å². The summed E-state index contributed by atoms with van der Waals surface area (Å²) in [6.45, 7) is 3.97. The summed E-state index contributed by atoms with van der Waals surface area (Å²) in [6, 6.07) is -0.576. The van der Waals surface area contributed by atoms with E-state index in [4.69, 9.17) is 0 Å². The number of amides is 2. The number of carbonyl (C=O) groups is 3. The van der Waals surface area contributed by atoms with E-state index in [0.717, 1.165) is 12.8 Å². The summed E-state index contributed by atoms with van der Waals surface area (Å²) in [5, 5.41) is 0. The Morgan fingerprint density at radius 3 is 1.28 bits per heavy atom. The highest BCUT2D eigenvalue weighted by molar-refractivity contribution is 6.05. The Morgan fingerprint density at radius 1 is 0.625 bits per heavy atom. The average molecular weight is 450 g/mol. The summed E-state index contributed by atoms with van der Waals surface area (Å²) in [5.41, 5.74) is 0. The van der Waals surface area contributed by atoms with E-state index in [-0.39, 0.29) is 30.4 Å². The SMILES string of the molecule is CCCCCCCCCCCCCCCCCCCCCC(=O)C(C)N1C(=O)CCC1=O. The van der Waals surface area contributed by atoms with Crippen molar-refractivity contribution in [2.24, 2.45) is 0 Å². The average Bonchev–Trinajstić information content (AvgIpc) is 3.12. The van der Waals surface area contributed by atoms with Crippen molar-refractivity contribution in [1.29, 1.82) is 0 Å². The molecule has 0 aromatic rings. The Labute approximate surface area is 198 Å². The van der Waals surface area contributed by atoms with Gasteiger partial charge in [-0.1, -0.05) is 122 Å². The molecule has 1 saturated heterocycles. The molecule has 0 bridgehead atoms. The van der Waals surface area contributed by atoms with E-state index in [1.807, 2.05) is 0 Å². The number of carbonyl (C=O) groups excluding carboxylic acids is 3. The maximum atomic E-state index is 12.3. The van der Waals surface area contributed by atoms with Gasteiger partial charge in [-0.15, -0.1) is 0 Å². The van der Waals surface area contributed by atoms with Crippen molar-refractivity contribution in [3.63, 3.8) is 0 Å². The fourth-order valence-corrected chi connectivity index (χ4v) is 4.76. The number of hydrogen-bond donors (Lipinski definition) is 0. The van der Waals surface area contributed by atoms with Crippen LogP contribution in [0.15, 0.2) is 0 Å². The smallest absolute Gasteiger partial charge is 0.230 e. The number of hydrogen-bond acceptors (Lipinski definition) is 3. The van der Waals surface area contributed by atoms with Crippen LogP contribution in [0.1, 0.15) is 155 Å². The van der Waals surface area contributed by atoms with E-state index in [0.29, 0.717) is 6.42 Å². The second-order valence-electron chi connectivity index (χ2n) is 9.91. The van der Waals surface area contributed by atoms with Gasteiger partial charge in [0.2, 0.25) is 11.8 Å². The third kappa shape index (κ3) is 13.4. The molecule has 0 N–H and O–H groups in total. The number of rotatable bonds is 22. The Kier molecular flexibility index (Phi) is 17.4. The third-order valence-corrected chi connectivity index (χ3v) is 6.97. The van der Waals surface area contributed by atoms with Gasteiger partial charge in [0.15, 0.2) is 5.78 Å². The summed E-state index contributed by atoms with van der Waals surface area (Å²) in [7, 11) is 0. The zero-order valence-corrected chi connectivity index (χ0v) is 21.3. The topological polar surface area (TPSA) is 54.5 Å². The molecule has 0 saturated carbocycles. The van der Waals surface area contributed by atoms with Crippen molar-refractivity contribution in [1.82, 2.24) is 4.90 Å². The van der Waals surface area contributed by atoms with E-state index in [1.54, 1.807) is 6.92 Å². The Morgan fingerprint density at radius 2 is 0.938 bits per heavy atom. The Balaban J connectivity index is 1.80. The minimum atomic E-state index is -0.576. The molecule has 186 valence electrons. The molecule has 4 nitrogen and oxygen atoms in total. The molecule has 2 amide bonds. The maximum absolute atomic E-state index is 12.3. The van der Waals surface area contributed by atoms with Crippen LogP contribution in [0.25, 0.3) is 0 Å². The first kappa shape index (κ1) is 28.8. The molecule has 1 rings (SSSR count). The van der Waals surface area contributed by atoms with Crippen LogP contribution in [-0.2, 0) is 14.4 Å². The Bertz CT molecular complexity index is 501. The maximum Gasteiger partial charge on any atom is 0.230 e. The van der Waals surface area contributed by atoms with Crippen molar-refractivity contribution in [3.8, 4) is 0 Å². The molecule has 0 spiro atoms. The zero-order valence-electron chi connectivity index (χ0n) is 21.3. The summed E-state index contributed by atoms with van der Waals surface area (Å²) in [6.07, 6.45) is 26.4. The molecular formula is C28H51NO3. The summed E-state index contributed by atoms with van der Waals surface area (Å²) < 4.78 is 0. The van der Waals surface area contributed by atoms with Crippen LogP contribution >= 0.6 is 0 Å². The molecule has 0 radical (unpaired) electrons. The second kappa shape index (κ2) is 19.3. The van der Waals surface area contributed by atoms with Gasteiger partial charge in [-0.05, 0) is 13.3 Å². The van der Waals surface area contributed by atoms with Gasteiger partial charge in [0.1, 0.15) is 0 Å². The molecule has 1 fully saturated rings. The van der Waals surface area contributed by atoms with Crippen LogP contribution in [0.5, 0.6) is 0 Å². The van der Waals surface area contributed by atoms with Crippen molar-refractivity contribution < 1.29 is 14.4 Å². The number of likely N-dealkylation sites (tertiary alicyclic amines) is 1. The highest BCUT2D eigenvalue weighted by Crippen LogP contribution is 2.18. The number of imide groups is 1. The van der Waals surface area contributed by atoms with Crippen LogP contribution in [-0.4, -0.2) is 28.5 Å². The van der Waals surface area contributed by atoms with E-state index in [9.17, 15) is 14.4 Å². The molecule has 4 heteroatoms. The van der Waals surface area contributed by atoms with E-state index < -0.39 is 6.04 Å². The standard InChI is InChI=1S/C28H51NO3/c1-3-4-5-6-7-8-9-10-11-12-13-14-15-16-17-18-19-20-21-22-26(30)25(2)29-27(31)23-24-28(29)32/h25H,3-24H2,1-2H3. The van der Waals surface area contributed by atoms with E-state index >= 15 is 0 Å². The number of Topliss-reactive ketones (excluding diaryl/α,β-unsaturated/α-hetero) is 1. The van der Waals surface area contributed by atoms with Gasteiger partial charge in [-0.2, -0.15) is 0 Å². The van der Waals surface area contributed by atoms with Gasteiger partial charge in [-0.25, -0.2) is 0 Å². The van der Waals surface area contributed by atoms with E-state index in [1.165, 1.54) is 114 Å². The highest BCUT2D eigenvalue weighted by atomic mass is 16.2. The zero-order chi connectivity index (χ0) is 23.4. The quantitative estimate of drug-likeness (QED) is 0.125. The first-order valence-electron chi connectivity index (χ1n) is 14.0. The van der Waals surface area contributed by atoms with Gasteiger partial charge >= 0.3 is 0 Å². The number of ketones is 1. The molecule has 0 aliphatic carbocycles. The predicted molar refractivity (Wildman–Crippen MR) is 134 cm³/mol. The first-order valence-corrected chi connectivity index (χ1v) is 14.0.